The first-order valence-electron chi connectivity index (χ1n) is 10.0. The number of anilines is 3. The van der Waals surface area contributed by atoms with Crippen LogP contribution in [-0.2, 0) is 4.74 Å². The summed E-state index contributed by atoms with van der Waals surface area (Å²) in [6.07, 6.45) is 3.32. The van der Waals surface area contributed by atoms with Crippen molar-refractivity contribution in [3.8, 4) is 0 Å². The molecule has 2 saturated heterocycles. The fourth-order valence-electron chi connectivity index (χ4n) is 3.77. The third-order valence-electron chi connectivity index (χ3n) is 5.22. The van der Waals surface area contributed by atoms with Crippen LogP contribution in [0.15, 0.2) is 30.3 Å². The third kappa shape index (κ3) is 4.25. The van der Waals surface area contributed by atoms with E-state index in [0.717, 1.165) is 69.3 Å². The fraction of sp³-hybridized carbons (Fsp3) is 0.476. The van der Waals surface area contributed by atoms with Gasteiger partial charge in [-0.25, -0.2) is 9.97 Å². The van der Waals surface area contributed by atoms with Gasteiger partial charge in [0.05, 0.1) is 24.6 Å². The van der Waals surface area contributed by atoms with Crippen LogP contribution in [0, 0.1) is 6.92 Å². The molecule has 0 aliphatic carbocycles. The van der Waals surface area contributed by atoms with Gasteiger partial charge >= 0.3 is 0 Å². The van der Waals surface area contributed by atoms with Crippen LogP contribution in [0.2, 0.25) is 0 Å². The van der Waals surface area contributed by atoms with Crippen molar-refractivity contribution in [3.63, 3.8) is 0 Å². The number of rotatable bonds is 4. The zero-order valence-electron chi connectivity index (χ0n) is 16.4. The summed E-state index contributed by atoms with van der Waals surface area (Å²) in [6, 6.07) is 9.89. The largest absolute Gasteiger partial charge is 0.378 e. The number of nitrogens with zero attached hydrogens (tertiary/aromatic N) is 4. The molecule has 7 nitrogen and oxygen atoms in total. The number of carbonyl (C=O) groups is 1. The van der Waals surface area contributed by atoms with Crippen molar-refractivity contribution in [1.82, 2.24) is 14.9 Å². The van der Waals surface area contributed by atoms with E-state index >= 15 is 0 Å². The van der Waals surface area contributed by atoms with Gasteiger partial charge < -0.3 is 19.9 Å². The van der Waals surface area contributed by atoms with Crippen molar-refractivity contribution >= 4 is 23.2 Å². The number of carbonyl (C=O) groups excluding carboxylic acids is 1. The molecule has 2 aromatic rings. The number of benzene rings is 1. The van der Waals surface area contributed by atoms with Gasteiger partial charge in [0.2, 0.25) is 5.95 Å². The molecule has 1 aromatic carbocycles. The van der Waals surface area contributed by atoms with Gasteiger partial charge in [-0.15, -0.1) is 0 Å². The number of para-hydroxylation sites is 2. The first-order valence-corrected chi connectivity index (χ1v) is 10.0. The van der Waals surface area contributed by atoms with Crippen LogP contribution in [-0.4, -0.2) is 60.2 Å². The van der Waals surface area contributed by atoms with Gasteiger partial charge in [0, 0.05) is 31.9 Å². The first kappa shape index (κ1) is 18.7. The highest BCUT2D eigenvalue weighted by Crippen LogP contribution is 2.28. The molecule has 1 aromatic heterocycles. The quantitative estimate of drug-likeness (QED) is 0.878. The molecule has 0 unspecified atom stereocenters. The molecule has 1 amide bonds. The number of nitrogens with one attached hydrogen (secondary N) is 1. The van der Waals surface area contributed by atoms with Crippen molar-refractivity contribution < 1.29 is 9.53 Å². The highest BCUT2D eigenvalue weighted by Gasteiger charge is 2.21. The van der Waals surface area contributed by atoms with Crippen LogP contribution in [0.25, 0.3) is 0 Å². The van der Waals surface area contributed by atoms with Crippen molar-refractivity contribution in [1.29, 1.82) is 0 Å². The maximum Gasteiger partial charge on any atom is 0.272 e. The maximum atomic E-state index is 12.9. The molecular formula is C21H27N5O2. The zero-order valence-corrected chi connectivity index (χ0v) is 16.4. The summed E-state index contributed by atoms with van der Waals surface area (Å²) in [5.74, 6) is 0.454. The summed E-state index contributed by atoms with van der Waals surface area (Å²) < 4.78 is 5.47. The minimum absolute atomic E-state index is 0.00489. The Balaban J connectivity index is 1.57. The van der Waals surface area contributed by atoms with Crippen LogP contribution in [0.5, 0.6) is 0 Å². The Morgan fingerprint density at radius 3 is 2.57 bits per heavy atom. The second-order valence-electron chi connectivity index (χ2n) is 7.31. The Labute approximate surface area is 165 Å². The minimum Gasteiger partial charge on any atom is -0.378 e. The first-order chi connectivity index (χ1) is 13.7. The van der Waals surface area contributed by atoms with Gasteiger partial charge in [-0.1, -0.05) is 12.1 Å². The average molecular weight is 381 g/mol. The van der Waals surface area contributed by atoms with Crippen molar-refractivity contribution in [2.75, 3.05) is 49.6 Å². The molecule has 0 spiro atoms. The Kier molecular flexibility index (Phi) is 5.71. The molecule has 4 rings (SSSR count). The monoisotopic (exact) mass is 381 g/mol. The fourth-order valence-corrected chi connectivity index (χ4v) is 3.77. The minimum atomic E-state index is -0.00489. The predicted octanol–water partition coefficient (Wildman–Crippen LogP) is 2.99. The number of likely N-dealkylation sites (tertiary alicyclic amines) is 1. The van der Waals surface area contributed by atoms with E-state index in [1.54, 1.807) is 6.07 Å². The lowest BCUT2D eigenvalue weighted by molar-refractivity contribution is 0.0718. The summed E-state index contributed by atoms with van der Waals surface area (Å²) in [5, 5.41) is 3.33. The Bertz CT molecular complexity index is 829. The summed E-state index contributed by atoms with van der Waals surface area (Å²) in [7, 11) is 0. The molecule has 148 valence electrons. The van der Waals surface area contributed by atoms with Crippen LogP contribution < -0.4 is 10.2 Å². The third-order valence-corrected chi connectivity index (χ3v) is 5.22. The topological polar surface area (TPSA) is 70.6 Å². The van der Waals surface area contributed by atoms with E-state index in [1.807, 2.05) is 30.0 Å². The lowest BCUT2D eigenvalue weighted by atomic mass is 10.1. The van der Waals surface area contributed by atoms with E-state index in [-0.39, 0.29) is 5.91 Å². The highest BCUT2D eigenvalue weighted by atomic mass is 16.5. The summed E-state index contributed by atoms with van der Waals surface area (Å²) >= 11 is 0. The predicted molar refractivity (Wildman–Crippen MR) is 109 cm³/mol. The van der Waals surface area contributed by atoms with Crippen LogP contribution >= 0.6 is 0 Å². The molecule has 28 heavy (non-hydrogen) atoms. The molecular weight excluding hydrogens is 354 g/mol. The Hall–Kier alpha value is -2.67. The second kappa shape index (κ2) is 8.56. The van der Waals surface area contributed by atoms with Crippen molar-refractivity contribution in [2.45, 2.75) is 26.2 Å². The zero-order chi connectivity index (χ0) is 19.3. The van der Waals surface area contributed by atoms with Crippen molar-refractivity contribution in [2.24, 2.45) is 0 Å². The van der Waals surface area contributed by atoms with E-state index in [0.29, 0.717) is 11.6 Å². The van der Waals surface area contributed by atoms with Gasteiger partial charge in [0.15, 0.2) is 0 Å². The molecule has 0 atom stereocenters. The number of hydrogen-bond donors (Lipinski definition) is 1. The van der Waals surface area contributed by atoms with Crippen LogP contribution in [0.1, 0.15) is 35.4 Å². The number of amides is 1. The van der Waals surface area contributed by atoms with Gasteiger partial charge in [-0.05, 0) is 44.4 Å². The molecule has 3 heterocycles. The number of aryl methyl sites for hydroxylation is 1. The molecule has 0 radical (unpaired) electrons. The van der Waals surface area contributed by atoms with Gasteiger partial charge in [0.25, 0.3) is 5.91 Å². The Morgan fingerprint density at radius 2 is 1.79 bits per heavy atom. The van der Waals surface area contributed by atoms with Gasteiger partial charge in [-0.2, -0.15) is 0 Å². The molecule has 2 aliphatic rings. The maximum absolute atomic E-state index is 12.9. The van der Waals surface area contributed by atoms with E-state index in [9.17, 15) is 4.79 Å². The lowest BCUT2D eigenvalue weighted by Gasteiger charge is -2.30. The second-order valence-corrected chi connectivity index (χ2v) is 7.31. The summed E-state index contributed by atoms with van der Waals surface area (Å²) in [6.45, 7) is 6.67. The number of morpholine rings is 1. The molecule has 7 heteroatoms. The highest BCUT2D eigenvalue weighted by molar-refractivity contribution is 5.93. The van der Waals surface area contributed by atoms with Crippen molar-refractivity contribution in [3.05, 3.63) is 41.7 Å². The van der Waals surface area contributed by atoms with E-state index < -0.39 is 0 Å². The average Bonchev–Trinajstić information content (AvgIpc) is 2.74. The SMILES string of the molecule is Cc1cc(C(=O)N2CCCCC2)nc(Nc2ccccc2N2CCOCC2)n1. The number of ether oxygens (including phenoxy) is 1. The Morgan fingerprint density at radius 1 is 1.04 bits per heavy atom. The molecule has 0 bridgehead atoms. The van der Waals surface area contributed by atoms with Crippen LogP contribution in [0.4, 0.5) is 17.3 Å². The summed E-state index contributed by atoms with van der Waals surface area (Å²) in [4.78, 5) is 26.1. The smallest absolute Gasteiger partial charge is 0.272 e. The molecule has 2 aliphatic heterocycles. The van der Waals surface area contributed by atoms with E-state index in [4.69, 9.17) is 4.74 Å². The lowest BCUT2D eigenvalue weighted by Crippen LogP contribution is -2.36. The number of piperidine rings is 1. The van der Waals surface area contributed by atoms with Crippen LogP contribution in [0.3, 0.4) is 0 Å². The van der Waals surface area contributed by atoms with E-state index in [1.165, 1.54) is 6.42 Å². The van der Waals surface area contributed by atoms with E-state index in [2.05, 4.69) is 26.3 Å². The normalized spacial score (nSPS) is 17.5. The number of aromatic nitrogens is 2. The molecule has 2 fully saturated rings. The standard InChI is InChI=1S/C21H27N5O2/c1-16-15-18(20(27)26-9-5-2-6-10-26)24-21(22-16)23-17-7-3-4-8-19(17)25-11-13-28-14-12-25/h3-4,7-8,15H,2,5-6,9-14H2,1H3,(H,22,23,24). The molecule has 1 N–H and O–H groups in total. The van der Waals surface area contributed by atoms with Gasteiger partial charge in [-0.3, -0.25) is 4.79 Å². The molecule has 0 saturated carbocycles. The van der Waals surface area contributed by atoms with Gasteiger partial charge in [0.1, 0.15) is 5.69 Å². The number of hydrogen-bond acceptors (Lipinski definition) is 6. The summed E-state index contributed by atoms with van der Waals surface area (Å²) in [5.41, 5.74) is 3.27.